The fourth-order valence-corrected chi connectivity index (χ4v) is 10.9. The van der Waals surface area contributed by atoms with Gasteiger partial charge in [0.1, 0.15) is 12.1 Å². The first-order chi connectivity index (χ1) is 24.8. The number of carbonyl (C=O) groups excluding carboxylic acids is 2. The summed E-state index contributed by atoms with van der Waals surface area (Å²) in [6.45, 7) is 5.02. The van der Waals surface area contributed by atoms with Crippen molar-refractivity contribution in [2.45, 2.75) is 160 Å². The molecule has 9 atom stereocenters. The second kappa shape index (κ2) is 17.2. The number of carbonyl (C=O) groups is 3. The van der Waals surface area contributed by atoms with E-state index in [1.54, 1.807) is 6.26 Å². The lowest BCUT2D eigenvalue weighted by Crippen LogP contribution is -2.62. The number of hydrogen-bond acceptors (Lipinski definition) is 8. The number of nitrogens with two attached hydrogens (primary N) is 2. The molecule has 12 heteroatoms. The van der Waals surface area contributed by atoms with E-state index in [2.05, 4.69) is 24.2 Å². The van der Waals surface area contributed by atoms with Crippen molar-refractivity contribution in [1.82, 2.24) is 5.32 Å². The van der Waals surface area contributed by atoms with Crippen LogP contribution in [0.2, 0.25) is 0 Å². The summed E-state index contributed by atoms with van der Waals surface area (Å²) in [6, 6.07) is 2.43. The van der Waals surface area contributed by atoms with Crippen molar-refractivity contribution in [3.8, 4) is 0 Å². The zero-order chi connectivity index (χ0) is 37.5. The molecule has 5 rings (SSSR count). The summed E-state index contributed by atoms with van der Waals surface area (Å²) in [5.74, 6) is -0.105. The number of nitrogens with one attached hydrogen (secondary N) is 1. The predicted molar refractivity (Wildman–Crippen MR) is 197 cm³/mol. The van der Waals surface area contributed by atoms with Crippen LogP contribution in [-0.4, -0.2) is 58.3 Å². The zero-order valence-corrected chi connectivity index (χ0v) is 31.3. The molecule has 52 heavy (non-hydrogen) atoms. The van der Waals surface area contributed by atoms with Crippen LogP contribution in [0.3, 0.4) is 0 Å². The number of esters is 1. The highest BCUT2D eigenvalue weighted by Gasteiger charge is 2.67. The highest BCUT2D eigenvalue weighted by atomic mass is 16.5. The first kappa shape index (κ1) is 39.8. The predicted octanol–water partition coefficient (Wildman–Crippen LogP) is 5.54. The summed E-state index contributed by atoms with van der Waals surface area (Å²) >= 11 is 0. The first-order valence-electron chi connectivity index (χ1n) is 19.8. The first-order valence-corrected chi connectivity index (χ1v) is 19.8. The summed E-state index contributed by atoms with van der Waals surface area (Å²) in [7, 11) is 0. The Morgan fingerprint density at radius 3 is 2.37 bits per heavy atom. The number of carboxylic acids is 1. The molecule has 4 fully saturated rings. The number of aliphatic carboxylic acids is 1. The van der Waals surface area contributed by atoms with E-state index in [1.165, 1.54) is 6.07 Å². The quantitative estimate of drug-likeness (QED) is 0.0586. The average molecular weight is 727 g/mol. The molecule has 0 aliphatic heterocycles. The Hall–Kier alpha value is -3.41. The Labute approximate surface area is 307 Å². The van der Waals surface area contributed by atoms with Crippen LogP contribution in [0.4, 0.5) is 0 Å². The Bertz CT molecular complexity index is 1470. The van der Waals surface area contributed by atoms with Crippen molar-refractivity contribution in [3.05, 3.63) is 34.4 Å². The molecule has 1 amide bonds. The Morgan fingerprint density at radius 1 is 0.942 bits per heavy atom. The van der Waals surface area contributed by atoms with Gasteiger partial charge in [-0.15, -0.1) is 0 Å². The van der Waals surface area contributed by atoms with Gasteiger partial charge in [0, 0.05) is 30.9 Å². The minimum Gasteiger partial charge on any atom is -0.480 e. The summed E-state index contributed by atoms with van der Waals surface area (Å²) < 4.78 is 11.3. The van der Waals surface area contributed by atoms with Crippen molar-refractivity contribution >= 4 is 23.8 Å². The van der Waals surface area contributed by atoms with Gasteiger partial charge in [0.15, 0.2) is 5.96 Å². The van der Waals surface area contributed by atoms with Gasteiger partial charge in [-0.05, 0) is 124 Å². The molecule has 0 radical (unpaired) electrons. The molecule has 4 aliphatic rings. The highest BCUT2D eigenvalue weighted by Crippen LogP contribution is 2.70. The molecule has 0 spiro atoms. The molecular formula is C40H62N4O8. The van der Waals surface area contributed by atoms with Crippen molar-refractivity contribution in [3.63, 3.8) is 0 Å². The van der Waals surface area contributed by atoms with Crippen molar-refractivity contribution in [2.75, 3.05) is 6.54 Å². The Kier molecular flexibility index (Phi) is 13.1. The minimum atomic E-state index is -1.07. The summed E-state index contributed by atoms with van der Waals surface area (Å²) in [5, 5.41) is 24.5. The standard InChI is InChI=1S/C40H62N4O8/c1-38-20-17-28(52-35(47)12-8-6-4-3-5-7-11-33(45)44-32(36(48)49)10-9-23-43-37(41)42)24-27(38)14-15-31-30(38)18-21-39(2)29(19-22-40(31,39)50)26-13-16-34(46)51-25-26/h13,16,25,27-32,50H,3-12,14-15,17-24H2,1-2H3,(H,44,45)(H,48,49)(H4,41,42,43)/t27-,28+,29-,30+,31-,32+,38+,39-,40+/m1/s1. The van der Waals surface area contributed by atoms with Crippen molar-refractivity contribution in [1.29, 1.82) is 0 Å². The smallest absolute Gasteiger partial charge is 0.335 e. The molecule has 0 bridgehead atoms. The van der Waals surface area contributed by atoms with Gasteiger partial charge in [-0.25, -0.2) is 9.59 Å². The zero-order valence-electron chi connectivity index (χ0n) is 31.3. The van der Waals surface area contributed by atoms with E-state index in [0.717, 1.165) is 95.5 Å². The molecule has 0 aromatic carbocycles. The maximum absolute atomic E-state index is 12.8. The molecule has 1 aromatic rings. The SMILES string of the molecule is C[C@]12CC[C@H](OC(=O)CCCCCCCCC(=O)N[C@@H](CCCN=C(N)N)C(=O)O)C[C@H]1CC[C@@H]1[C@@H]2CC[C@]2(C)[C@@H](c3ccc(=O)oc3)CC[C@]12O. The second-order valence-corrected chi connectivity index (χ2v) is 16.8. The van der Waals surface area contributed by atoms with Crippen molar-refractivity contribution in [2.24, 2.45) is 45.0 Å². The maximum atomic E-state index is 12.8. The fraction of sp³-hybridized carbons (Fsp3) is 0.775. The van der Waals surface area contributed by atoms with E-state index in [1.807, 2.05) is 6.07 Å². The number of aliphatic hydroxyl groups is 1. The van der Waals surface area contributed by atoms with Crippen LogP contribution in [0.15, 0.2) is 32.6 Å². The highest BCUT2D eigenvalue weighted by molar-refractivity contribution is 5.83. The number of guanidine groups is 1. The Morgan fingerprint density at radius 2 is 1.67 bits per heavy atom. The normalized spacial score (nSPS) is 32.8. The van der Waals surface area contributed by atoms with E-state index >= 15 is 0 Å². The number of carboxylic acid groups (broad SMARTS) is 1. The van der Waals surface area contributed by atoms with Crippen LogP contribution in [0.1, 0.15) is 147 Å². The summed E-state index contributed by atoms with van der Waals surface area (Å²) in [4.78, 5) is 52.0. The topological polar surface area (TPSA) is 208 Å². The largest absolute Gasteiger partial charge is 0.480 e. The molecule has 0 unspecified atom stereocenters. The lowest BCUT2D eigenvalue weighted by Gasteiger charge is -2.63. The minimum absolute atomic E-state index is 0.0345. The van der Waals surface area contributed by atoms with Gasteiger partial charge in [-0.2, -0.15) is 0 Å². The van der Waals surface area contributed by atoms with Crippen molar-refractivity contribution < 1.29 is 33.8 Å². The van der Waals surface area contributed by atoms with Gasteiger partial charge in [-0.3, -0.25) is 14.6 Å². The molecule has 4 aliphatic carbocycles. The lowest BCUT2D eigenvalue weighted by atomic mass is 9.43. The second-order valence-electron chi connectivity index (χ2n) is 16.8. The van der Waals surface area contributed by atoms with Gasteiger partial charge >= 0.3 is 17.6 Å². The number of amides is 1. The number of rotatable bonds is 17. The molecule has 12 nitrogen and oxygen atoms in total. The molecule has 290 valence electrons. The van der Waals surface area contributed by atoms with E-state index in [-0.39, 0.29) is 65.1 Å². The number of unbranched alkanes of at least 4 members (excludes halogenated alkanes) is 5. The van der Waals surface area contributed by atoms with E-state index in [4.69, 9.17) is 20.6 Å². The molecule has 4 saturated carbocycles. The summed E-state index contributed by atoms with van der Waals surface area (Å²) in [5.41, 5.74) is 10.4. The van der Waals surface area contributed by atoms with Gasteiger partial charge < -0.3 is 36.2 Å². The number of fused-ring (bicyclic) bond motifs is 5. The Balaban J connectivity index is 0.975. The van der Waals surface area contributed by atoms with Crippen LogP contribution < -0.4 is 22.4 Å². The van der Waals surface area contributed by atoms with Crippen LogP contribution >= 0.6 is 0 Å². The third-order valence-electron chi connectivity index (χ3n) is 13.8. The molecule has 1 aromatic heterocycles. The van der Waals surface area contributed by atoms with Crippen LogP contribution in [-0.2, 0) is 19.1 Å². The number of nitrogens with zero attached hydrogens (tertiary/aromatic N) is 1. The number of aliphatic imine (C=N–C) groups is 1. The monoisotopic (exact) mass is 726 g/mol. The molecule has 0 saturated heterocycles. The molecular weight excluding hydrogens is 664 g/mol. The van der Waals surface area contributed by atoms with Gasteiger partial charge in [0.25, 0.3) is 0 Å². The van der Waals surface area contributed by atoms with Crippen LogP contribution in [0, 0.1) is 28.6 Å². The molecule has 1 heterocycles. The van der Waals surface area contributed by atoms with Crippen LogP contribution in [0.5, 0.6) is 0 Å². The molecule has 7 N–H and O–H groups in total. The van der Waals surface area contributed by atoms with Crippen LogP contribution in [0.25, 0.3) is 0 Å². The summed E-state index contributed by atoms with van der Waals surface area (Å²) in [6.07, 6.45) is 16.8. The maximum Gasteiger partial charge on any atom is 0.335 e. The lowest BCUT2D eigenvalue weighted by molar-refractivity contribution is -0.207. The average Bonchev–Trinajstić information content (AvgIpc) is 3.38. The fourth-order valence-electron chi connectivity index (χ4n) is 10.9. The van der Waals surface area contributed by atoms with Gasteiger partial charge in [0.05, 0.1) is 11.9 Å². The third kappa shape index (κ3) is 8.85. The van der Waals surface area contributed by atoms with E-state index in [0.29, 0.717) is 37.6 Å². The van der Waals surface area contributed by atoms with E-state index in [9.17, 15) is 29.4 Å². The number of hydrogen-bond donors (Lipinski definition) is 5. The number of ether oxygens (including phenoxy) is 1. The van der Waals surface area contributed by atoms with E-state index < -0.39 is 17.6 Å². The third-order valence-corrected chi connectivity index (χ3v) is 13.8. The van der Waals surface area contributed by atoms with Gasteiger partial charge in [-0.1, -0.05) is 39.5 Å². The van der Waals surface area contributed by atoms with Gasteiger partial charge in [0.2, 0.25) is 5.91 Å².